The number of fused-ring (bicyclic) bond motifs is 6. The van der Waals surface area contributed by atoms with Gasteiger partial charge in [-0.2, -0.15) is 0 Å². The Hall–Kier alpha value is -4.36. The SMILES string of the molecule is Brc1ccc2c(c1)c1ccccc1n2C1=CCCC=C1.OB(O)c1ccc2c(c1)c1ccccc1n2-c1ccccc1. The molecule has 42 heavy (non-hydrogen) atoms. The first-order valence-electron chi connectivity index (χ1n) is 14.1. The van der Waals surface area contributed by atoms with Crippen LogP contribution in [0.3, 0.4) is 0 Å². The highest BCUT2D eigenvalue weighted by molar-refractivity contribution is 9.10. The molecule has 0 atom stereocenters. The van der Waals surface area contributed by atoms with E-state index in [0.717, 1.165) is 44.8 Å². The Morgan fingerprint density at radius 3 is 1.86 bits per heavy atom. The second-order valence-electron chi connectivity index (χ2n) is 10.5. The molecule has 0 radical (unpaired) electrons. The molecule has 5 aromatic carbocycles. The van der Waals surface area contributed by atoms with Crippen molar-refractivity contribution in [2.24, 2.45) is 0 Å². The first-order valence-corrected chi connectivity index (χ1v) is 14.9. The van der Waals surface area contributed by atoms with Crippen molar-refractivity contribution in [2.75, 3.05) is 0 Å². The maximum absolute atomic E-state index is 9.43. The van der Waals surface area contributed by atoms with Crippen molar-refractivity contribution in [3.05, 3.63) is 138 Å². The van der Waals surface area contributed by atoms with Crippen LogP contribution >= 0.6 is 15.9 Å². The van der Waals surface area contributed by atoms with Crippen LogP contribution < -0.4 is 5.46 Å². The number of para-hydroxylation sites is 3. The second-order valence-corrected chi connectivity index (χ2v) is 11.4. The monoisotopic (exact) mass is 610 g/mol. The highest BCUT2D eigenvalue weighted by atomic mass is 79.9. The van der Waals surface area contributed by atoms with Crippen LogP contribution in [0, 0.1) is 0 Å². The first-order chi connectivity index (χ1) is 20.6. The van der Waals surface area contributed by atoms with Gasteiger partial charge in [0.2, 0.25) is 0 Å². The third-order valence-corrected chi connectivity index (χ3v) is 8.37. The molecule has 2 heterocycles. The number of rotatable bonds is 3. The number of halogens is 1. The Kier molecular flexibility index (Phi) is 7.04. The van der Waals surface area contributed by atoms with Crippen molar-refractivity contribution in [2.45, 2.75) is 12.8 Å². The van der Waals surface area contributed by atoms with E-state index in [1.807, 2.05) is 42.5 Å². The Labute approximate surface area is 252 Å². The zero-order valence-electron chi connectivity index (χ0n) is 22.9. The van der Waals surface area contributed by atoms with E-state index in [1.54, 1.807) is 6.07 Å². The summed E-state index contributed by atoms with van der Waals surface area (Å²) in [5.41, 5.74) is 7.58. The third kappa shape index (κ3) is 4.68. The quantitative estimate of drug-likeness (QED) is 0.198. The molecule has 0 amide bonds. The molecule has 2 aromatic heterocycles. The molecule has 204 valence electrons. The van der Waals surface area contributed by atoms with Crippen LogP contribution in [0.4, 0.5) is 0 Å². The van der Waals surface area contributed by atoms with Crippen LogP contribution in [0.1, 0.15) is 12.8 Å². The van der Waals surface area contributed by atoms with E-state index in [2.05, 4.69) is 110 Å². The highest BCUT2D eigenvalue weighted by Gasteiger charge is 2.16. The minimum Gasteiger partial charge on any atom is -0.423 e. The van der Waals surface area contributed by atoms with E-state index in [-0.39, 0.29) is 0 Å². The summed E-state index contributed by atoms with van der Waals surface area (Å²) in [5.74, 6) is 0. The molecule has 0 fully saturated rings. The Morgan fingerprint density at radius 2 is 1.17 bits per heavy atom. The number of benzene rings is 5. The second kappa shape index (κ2) is 11.1. The normalized spacial score (nSPS) is 13.0. The molecule has 0 bridgehead atoms. The molecule has 8 rings (SSSR count). The fraction of sp³-hybridized carbons (Fsp3) is 0.0556. The summed E-state index contributed by atoms with van der Waals surface area (Å²) in [7, 11) is -1.46. The van der Waals surface area contributed by atoms with Crippen LogP contribution in [-0.4, -0.2) is 26.3 Å². The molecule has 0 aliphatic heterocycles. The molecule has 4 nitrogen and oxygen atoms in total. The van der Waals surface area contributed by atoms with E-state index in [1.165, 1.54) is 27.5 Å². The third-order valence-electron chi connectivity index (χ3n) is 7.88. The van der Waals surface area contributed by atoms with Crippen LogP contribution in [0.15, 0.2) is 138 Å². The maximum atomic E-state index is 9.43. The average molecular weight is 611 g/mol. The summed E-state index contributed by atoms with van der Waals surface area (Å²) >= 11 is 3.59. The number of hydrogen-bond acceptors (Lipinski definition) is 2. The number of aromatic nitrogens is 2. The number of hydrogen-bond donors (Lipinski definition) is 2. The Bertz CT molecular complexity index is 2140. The Balaban J connectivity index is 0.000000138. The lowest BCUT2D eigenvalue weighted by Crippen LogP contribution is -2.29. The molecular weight excluding hydrogens is 583 g/mol. The zero-order valence-corrected chi connectivity index (χ0v) is 24.4. The van der Waals surface area contributed by atoms with Crippen LogP contribution in [0.2, 0.25) is 0 Å². The molecule has 0 unspecified atom stereocenters. The summed E-state index contributed by atoms with van der Waals surface area (Å²) < 4.78 is 5.69. The minimum atomic E-state index is -1.46. The predicted octanol–water partition coefficient (Wildman–Crippen LogP) is 8.21. The summed E-state index contributed by atoms with van der Waals surface area (Å²) in [6, 6.07) is 39.0. The molecule has 0 saturated heterocycles. The highest BCUT2D eigenvalue weighted by Crippen LogP contribution is 2.35. The van der Waals surface area contributed by atoms with E-state index in [0.29, 0.717) is 5.46 Å². The summed E-state index contributed by atoms with van der Waals surface area (Å²) in [6.45, 7) is 0. The lowest BCUT2D eigenvalue weighted by atomic mass is 9.80. The van der Waals surface area contributed by atoms with Gasteiger partial charge in [-0.15, -0.1) is 0 Å². The summed E-state index contributed by atoms with van der Waals surface area (Å²) in [5, 5.41) is 23.6. The molecule has 2 N–H and O–H groups in total. The van der Waals surface area contributed by atoms with Gasteiger partial charge in [-0.25, -0.2) is 0 Å². The molecule has 0 saturated carbocycles. The largest absolute Gasteiger partial charge is 0.488 e. The van der Waals surface area contributed by atoms with Gasteiger partial charge >= 0.3 is 7.12 Å². The number of allylic oxidation sites excluding steroid dienone is 4. The lowest BCUT2D eigenvalue weighted by Gasteiger charge is -2.11. The van der Waals surface area contributed by atoms with Gasteiger partial charge < -0.3 is 19.2 Å². The molecule has 1 aliphatic rings. The van der Waals surface area contributed by atoms with Gasteiger partial charge in [-0.1, -0.05) is 94.8 Å². The standard InChI is InChI=1S/C18H14BNO2.C18H14BrN/c21-19(22)13-10-11-18-16(12-13)15-8-4-5-9-17(15)20(18)14-6-2-1-3-7-14;19-13-10-11-18-16(12-13)15-8-4-5-9-17(15)20(18)14-6-2-1-3-7-14/h1-12,21-22H;2,4-12H,1,3H2. The fourth-order valence-electron chi connectivity index (χ4n) is 6.00. The van der Waals surface area contributed by atoms with Gasteiger partial charge in [0.1, 0.15) is 0 Å². The topological polar surface area (TPSA) is 50.3 Å². The van der Waals surface area contributed by atoms with Crippen LogP contribution in [0.5, 0.6) is 0 Å². The van der Waals surface area contributed by atoms with Gasteiger partial charge in [0.25, 0.3) is 0 Å². The number of nitrogens with zero attached hydrogens (tertiary/aromatic N) is 2. The van der Waals surface area contributed by atoms with Crippen molar-refractivity contribution < 1.29 is 10.0 Å². The minimum absolute atomic E-state index is 0.503. The summed E-state index contributed by atoms with van der Waals surface area (Å²) in [6.07, 6.45) is 9.09. The van der Waals surface area contributed by atoms with E-state index in [9.17, 15) is 10.0 Å². The summed E-state index contributed by atoms with van der Waals surface area (Å²) in [4.78, 5) is 0. The Morgan fingerprint density at radius 1 is 0.571 bits per heavy atom. The van der Waals surface area contributed by atoms with Crippen molar-refractivity contribution >= 4 is 77.8 Å². The van der Waals surface area contributed by atoms with Crippen molar-refractivity contribution in [3.63, 3.8) is 0 Å². The smallest absolute Gasteiger partial charge is 0.423 e. The molecule has 1 aliphatic carbocycles. The molecule has 0 spiro atoms. The fourth-order valence-corrected chi connectivity index (χ4v) is 6.36. The zero-order chi connectivity index (χ0) is 28.6. The van der Waals surface area contributed by atoms with Gasteiger partial charge in [-0.05, 0) is 72.9 Å². The van der Waals surface area contributed by atoms with Crippen LogP contribution in [0.25, 0.3) is 55.0 Å². The van der Waals surface area contributed by atoms with Gasteiger partial charge in [0.15, 0.2) is 0 Å². The van der Waals surface area contributed by atoms with Gasteiger partial charge in [0, 0.05) is 37.4 Å². The van der Waals surface area contributed by atoms with Gasteiger partial charge in [-0.3, -0.25) is 0 Å². The van der Waals surface area contributed by atoms with E-state index in [4.69, 9.17) is 0 Å². The lowest BCUT2D eigenvalue weighted by molar-refractivity contribution is 0.426. The van der Waals surface area contributed by atoms with Crippen LogP contribution in [-0.2, 0) is 0 Å². The molecule has 6 heteroatoms. The average Bonchev–Trinajstić information content (AvgIpc) is 3.54. The predicted molar refractivity (Wildman–Crippen MR) is 180 cm³/mol. The van der Waals surface area contributed by atoms with E-state index < -0.39 is 7.12 Å². The molecule has 7 aromatic rings. The van der Waals surface area contributed by atoms with E-state index >= 15 is 0 Å². The maximum Gasteiger partial charge on any atom is 0.488 e. The first kappa shape index (κ1) is 26.5. The van der Waals surface area contributed by atoms with Gasteiger partial charge in [0.05, 0.1) is 22.1 Å². The van der Waals surface area contributed by atoms with Crippen molar-refractivity contribution in [1.82, 2.24) is 9.13 Å². The van der Waals surface area contributed by atoms with Crippen molar-refractivity contribution in [1.29, 1.82) is 0 Å². The molecular formula is C36H28BBrN2O2. The van der Waals surface area contributed by atoms with Crippen molar-refractivity contribution in [3.8, 4) is 5.69 Å².